The summed E-state index contributed by atoms with van der Waals surface area (Å²) in [5.74, 6) is 0.414. The highest BCUT2D eigenvalue weighted by atomic mass is 35.5. The number of aryl methyl sites for hydroxylation is 1. The molecule has 0 spiro atoms. The molecule has 1 aromatic carbocycles. The molecule has 0 aliphatic heterocycles. The number of nitrogens with zero attached hydrogens (tertiary/aromatic N) is 3. The molecule has 1 heterocycles. The smallest absolute Gasteiger partial charge is 0.337 e. The van der Waals surface area contributed by atoms with Crippen LogP contribution in [-0.2, 0) is 11.2 Å². The third-order valence-electron chi connectivity index (χ3n) is 4.72. The van der Waals surface area contributed by atoms with E-state index in [1.54, 1.807) is 12.3 Å². The number of halogens is 1. The molecule has 0 atom stereocenters. The minimum absolute atomic E-state index is 0.0503. The standard InChI is InChI=1S/C22H30ClN3O4/c1-6-8-16-13-17(22(28)29-5)9-10-19(16)30-12-7-11-25(4)18-14-24-26(15(2)3)21(27)20(18)23/h9-10,13-15H,6-8,11-12H2,1-5H3. The molecule has 0 aliphatic carbocycles. The maximum absolute atomic E-state index is 12.3. The molecular formula is C22H30ClN3O4. The number of carbonyl (C=O) groups excluding carboxylic acids is 1. The highest BCUT2D eigenvalue weighted by Gasteiger charge is 2.15. The van der Waals surface area contributed by atoms with E-state index in [1.807, 2.05) is 37.9 Å². The van der Waals surface area contributed by atoms with E-state index >= 15 is 0 Å². The van der Waals surface area contributed by atoms with Crippen molar-refractivity contribution in [3.8, 4) is 5.75 Å². The number of ether oxygens (including phenoxy) is 2. The Balaban J connectivity index is 1.99. The molecule has 2 aromatic rings. The van der Waals surface area contributed by atoms with Crippen molar-refractivity contribution in [1.29, 1.82) is 0 Å². The summed E-state index contributed by atoms with van der Waals surface area (Å²) in [6, 6.07) is 5.30. The predicted molar refractivity (Wildman–Crippen MR) is 119 cm³/mol. The van der Waals surface area contributed by atoms with Crippen LogP contribution < -0.4 is 15.2 Å². The van der Waals surface area contributed by atoms with Crippen molar-refractivity contribution in [1.82, 2.24) is 9.78 Å². The third kappa shape index (κ3) is 5.75. The lowest BCUT2D eigenvalue weighted by molar-refractivity contribution is 0.0600. The Labute approximate surface area is 182 Å². The van der Waals surface area contributed by atoms with Crippen LogP contribution in [-0.4, -0.2) is 43.1 Å². The molecule has 0 bridgehead atoms. The van der Waals surface area contributed by atoms with Gasteiger partial charge in [0.1, 0.15) is 10.8 Å². The van der Waals surface area contributed by atoms with E-state index in [0.29, 0.717) is 24.4 Å². The van der Waals surface area contributed by atoms with Gasteiger partial charge >= 0.3 is 5.97 Å². The fourth-order valence-electron chi connectivity index (χ4n) is 3.10. The van der Waals surface area contributed by atoms with Crippen LogP contribution in [0.2, 0.25) is 5.02 Å². The van der Waals surface area contributed by atoms with Crippen LogP contribution in [0.1, 0.15) is 55.6 Å². The second kappa shape index (κ2) is 11.0. The van der Waals surface area contributed by atoms with Gasteiger partial charge in [-0.25, -0.2) is 9.48 Å². The minimum Gasteiger partial charge on any atom is -0.493 e. The van der Waals surface area contributed by atoms with E-state index in [1.165, 1.54) is 11.8 Å². The molecule has 30 heavy (non-hydrogen) atoms. The summed E-state index contributed by atoms with van der Waals surface area (Å²) >= 11 is 6.27. The lowest BCUT2D eigenvalue weighted by Gasteiger charge is -2.21. The van der Waals surface area contributed by atoms with Crippen LogP contribution in [0.5, 0.6) is 5.75 Å². The lowest BCUT2D eigenvalue weighted by Crippen LogP contribution is -2.29. The molecule has 164 valence electrons. The van der Waals surface area contributed by atoms with Crippen molar-refractivity contribution in [3.05, 3.63) is 50.9 Å². The Morgan fingerprint density at radius 3 is 2.70 bits per heavy atom. The summed E-state index contributed by atoms with van der Waals surface area (Å²) in [7, 11) is 3.24. The largest absolute Gasteiger partial charge is 0.493 e. The highest BCUT2D eigenvalue weighted by Crippen LogP contribution is 2.23. The van der Waals surface area contributed by atoms with Gasteiger partial charge in [0, 0.05) is 13.6 Å². The summed E-state index contributed by atoms with van der Waals surface area (Å²) in [5, 5.41) is 4.38. The van der Waals surface area contributed by atoms with Gasteiger partial charge in [0.25, 0.3) is 5.56 Å². The van der Waals surface area contributed by atoms with Crippen molar-refractivity contribution < 1.29 is 14.3 Å². The fourth-order valence-corrected chi connectivity index (χ4v) is 3.38. The number of methoxy groups -OCH3 is 1. The number of benzene rings is 1. The fraction of sp³-hybridized carbons (Fsp3) is 0.500. The average molecular weight is 436 g/mol. The van der Waals surface area contributed by atoms with Gasteiger partial charge in [-0.15, -0.1) is 0 Å². The van der Waals surface area contributed by atoms with E-state index < -0.39 is 0 Å². The van der Waals surface area contributed by atoms with Crippen molar-refractivity contribution in [2.24, 2.45) is 0 Å². The molecule has 0 saturated carbocycles. The van der Waals surface area contributed by atoms with E-state index in [9.17, 15) is 9.59 Å². The number of rotatable bonds is 10. The van der Waals surface area contributed by atoms with Crippen LogP contribution in [0, 0.1) is 0 Å². The molecule has 0 amide bonds. The minimum atomic E-state index is -0.356. The Hall–Kier alpha value is -2.54. The van der Waals surface area contributed by atoms with Gasteiger partial charge in [0.2, 0.25) is 0 Å². The van der Waals surface area contributed by atoms with E-state index in [4.69, 9.17) is 21.1 Å². The molecule has 0 saturated heterocycles. The average Bonchev–Trinajstić information content (AvgIpc) is 2.73. The summed E-state index contributed by atoms with van der Waals surface area (Å²) in [6.07, 6.45) is 4.10. The summed E-state index contributed by atoms with van der Waals surface area (Å²) in [6.45, 7) is 6.99. The second-order valence-electron chi connectivity index (χ2n) is 7.37. The lowest BCUT2D eigenvalue weighted by atomic mass is 10.1. The Morgan fingerprint density at radius 2 is 2.07 bits per heavy atom. The number of carbonyl (C=O) groups is 1. The third-order valence-corrected chi connectivity index (χ3v) is 5.08. The summed E-state index contributed by atoms with van der Waals surface area (Å²) in [4.78, 5) is 26.0. The normalized spacial score (nSPS) is 10.9. The van der Waals surface area contributed by atoms with Crippen LogP contribution in [0.4, 0.5) is 5.69 Å². The first-order valence-corrected chi connectivity index (χ1v) is 10.5. The Bertz CT molecular complexity index is 927. The number of aromatic nitrogens is 2. The van der Waals surface area contributed by atoms with Gasteiger partial charge in [-0.05, 0) is 50.5 Å². The van der Waals surface area contributed by atoms with E-state index in [0.717, 1.165) is 30.6 Å². The zero-order valence-electron chi connectivity index (χ0n) is 18.3. The second-order valence-corrected chi connectivity index (χ2v) is 7.75. The summed E-state index contributed by atoms with van der Waals surface area (Å²) < 4.78 is 12.1. The van der Waals surface area contributed by atoms with Gasteiger partial charge in [-0.1, -0.05) is 24.9 Å². The molecule has 2 rings (SSSR count). The maximum atomic E-state index is 12.3. The van der Waals surface area contributed by atoms with Crippen molar-refractivity contribution in [2.75, 3.05) is 32.2 Å². The Kier molecular flexibility index (Phi) is 8.72. The molecule has 7 nitrogen and oxygen atoms in total. The molecule has 0 unspecified atom stereocenters. The number of hydrogen-bond donors (Lipinski definition) is 0. The molecule has 0 N–H and O–H groups in total. The molecule has 0 fully saturated rings. The van der Waals surface area contributed by atoms with E-state index in [2.05, 4.69) is 12.0 Å². The van der Waals surface area contributed by atoms with Gasteiger partial charge in [0.05, 0.1) is 37.2 Å². The first-order valence-electron chi connectivity index (χ1n) is 10.1. The zero-order valence-corrected chi connectivity index (χ0v) is 19.0. The predicted octanol–water partition coefficient (Wildman–Crippen LogP) is 4.12. The number of hydrogen-bond acceptors (Lipinski definition) is 6. The quantitative estimate of drug-likeness (QED) is 0.413. The first-order chi connectivity index (χ1) is 14.3. The molecule has 0 radical (unpaired) electrons. The molecular weight excluding hydrogens is 406 g/mol. The van der Waals surface area contributed by atoms with Crippen molar-refractivity contribution >= 4 is 23.3 Å². The number of anilines is 1. The molecule has 1 aromatic heterocycles. The Morgan fingerprint density at radius 1 is 1.33 bits per heavy atom. The van der Waals surface area contributed by atoms with Gasteiger partial charge < -0.3 is 14.4 Å². The van der Waals surface area contributed by atoms with Crippen LogP contribution >= 0.6 is 11.6 Å². The first kappa shape index (κ1) is 23.7. The summed E-state index contributed by atoms with van der Waals surface area (Å²) in [5.41, 5.74) is 1.82. The van der Waals surface area contributed by atoms with Gasteiger partial charge in [0.15, 0.2) is 0 Å². The molecule has 0 aliphatic rings. The zero-order chi connectivity index (χ0) is 22.3. The van der Waals surface area contributed by atoms with Crippen molar-refractivity contribution in [3.63, 3.8) is 0 Å². The van der Waals surface area contributed by atoms with Crippen LogP contribution in [0.15, 0.2) is 29.2 Å². The maximum Gasteiger partial charge on any atom is 0.337 e. The van der Waals surface area contributed by atoms with Crippen molar-refractivity contribution in [2.45, 2.75) is 46.1 Å². The topological polar surface area (TPSA) is 73.7 Å². The number of esters is 1. The van der Waals surface area contributed by atoms with Crippen LogP contribution in [0.25, 0.3) is 0 Å². The van der Waals surface area contributed by atoms with E-state index in [-0.39, 0.29) is 22.6 Å². The SMILES string of the molecule is CCCc1cc(C(=O)OC)ccc1OCCCN(C)c1cnn(C(C)C)c(=O)c1Cl. The van der Waals surface area contributed by atoms with Gasteiger partial charge in [-0.2, -0.15) is 5.10 Å². The monoisotopic (exact) mass is 435 g/mol. The highest BCUT2D eigenvalue weighted by molar-refractivity contribution is 6.33. The van der Waals surface area contributed by atoms with Gasteiger partial charge in [-0.3, -0.25) is 4.79 Å². The molecule has 8 heteroatoms. The van der Waals surface area contributed by atoms with Crippen LogP contribution in [0.3, 0.4) is 0 Å².